The number of nitrogens with zero attached hydrogens (tertiary/aromatic N) is 3. The number of carbonyl (C=O) groups is 1. The number of aromatic nitrogens is 2. The number of aryl methyl sites for hydroxylation is 2. The van der Waals surface area contributed by atoms with Crippen molar-refractivity contribution in [2.75, 3.05) is 13.6 Å². The van der Waals surface area contributed by atoms with E-state index < -0.39 is 22.3 Å². The molecule has 30 heavy (non-hydrogen) atoms. The van der Waals surface area contributed by atoms with Crippen LogP contribution in [0.25, 0.3) is 0 Å². The molecule has 1 aromatic heterocycles. The molecule has 0 aromatic carbocycles. The van der Waals surface area contributed by atoms with E-state index in [2.05, 4.69) is 15.1 Å². The topological polar surface area (TPSA) is 96.3 Å². The lowest BCUT2D eigenvalue weighted by Gasteiger charge is -2.57. The molecule has 2 atom stereocenters. The summed E-state index contributed by atoms with van der Waals surface area (Å²) in [6.45, 7) is 2.55. The third-order valence-electron chi connectivity index (χ3n) is 8.10. The van der Waals surface area contributed by atoms with Gasteiger partial charge in [-0.1, -0.05) is 0 Å². The number of nitrogens with one attached hydrogen (secondary N) is 2. The molecule has 166 valence electrons. The van der Waals surface area contributed by atoms with Crippen LogP contribution in [0.3, 0.4) is 0 Å². The molecule has 0 radical (unpaired) electrons. The molecule has 4 aliphatic carbocycles. The number of rotatable bonds is 4. The van der Waals surface area contributed by atoms with E-state index in [0.717, 1.165) is 29.0 Å². The normalized spacial score (nSPS) is 39.9. The van der Waals surface area contributed by atoms with Gasteiger partial charge in [0.1, 0.15) is 6.04 Å². The van der Waals surface area contributed by atoms with Gasteiger partial charge in [0, 0.05) is 32.4 Å². The maximum atomic E-state index is 13.2. The van der Waals surface area contributed by atoms with Gasteiger partial charge in [0.2, 0.25) is 5.91 Å². The zero-order valence-electron chi connectivity index (χ0n) is 18.1. The van der Waals surface area contributed by atoms with Crippen molar-refractivity contribution in [3.05, 3.63) is 17.5 Å². The average molecular weight is 436 g/mol. The SMILES string of the molecule is Cc1nn(C)cc1[C@@H]1C[C@@H](C(=O)NCC23CC4CC(CC(C4)C2)C3)N(C)S(=O)(=O)N1. The number of likely N-dealkylation sites (N-methyl/N-ethyl adjacent to an activating group) is 1. The molecular weight excluding hydrogens is 402 g/mol. The Kier molecular flexibility index (Phi) is 4.79. The Morgan fingerprint density at radius 2 is 1.77 bits per heavy atom. The first-order valence-corrected chi connectivity index (χ1v) is 12.6. The molecule has 0 spiro atoms. The second-order valence-electron chi connectivity index (χ2n) is 10.4. The van der Waals surface area contributed by atoms with Crippen molar-refractivity contribution >= 4 is 16.1 Å². The zero-order chi connectivity index (χ0) is 21.3. The highest BCUT2D eigenvalue weighted by Gasteiger charge is 2.51. The summed E-state index contributed by atoms with van der Waals surface area (Å²) in [4.78, 5) is 13.2. The summed E-state index contributed by atoms with van der Waals surface area (Å²) in [5.41, 5.74) is 1.84. The lowest BCUT2D eigenvalue weighted by Crippen LogP contribution is -2.58. The van der Waals surface area contributed by atoms with Crippen LogP contribution in [0, 0.1) is 30.1 Å². The van der Waals surface area contributed by atoms with E-state index in [-0.39, 0.29) is 11.3 Å². The maximum Gasteiger partial charge on any atom is 0.280 e. The Hall–Kier alpha value is -1.45. The molecule has 1 saturated heterocycles. The van der Waals surface area contributed by atoms with E-state index >= 15 is 0 Å². The highest BCUT2D eigenvalue weighted by molar-refractivity contribution is 7.87. The summed E-state index contributed by atoms with van der Waals surface area (Å²) in [5, 5.41) is 7.51. The van der Waals surface area contributed by atoms with E-state index in [1.54, 1.807) is 4.68 Å². The quantitative estimate of drug-likeness (QED) is 0.751. The van der Waals surface area contributed by atoms with Crippen LogP contribution in [0.1, 0.15) is 62.2 Å². The predicted octanol–water partition coefficient (Wildman–Crippen LogP) is 1.64. The molecule has 1 amide bonds. The summed E-state index contributed by atoms with van der Waals surface area (Å²) in [6, 6.07) is -1.16. The zero-order valence-corrected chi connectivity index (χ0v) is 18.9. The van der Waals surface area contributed by atoms with Crippen molar-refractivity contribution in [1.82, 2.24) is 24.1 Å². The van der Waals surface area contributed by atoms with Crippen molar-refractivity contribution in [2.24, 2.45) is 30.2 Å². The van der Waals surface area contributed by atoms with Crippen molar-refractivity contribution < 1.29 is 13.2 Å². The molecule has 6 rings (SSSR count). The fraction of sp³-hybridized carbons (Fsp3) is 0.810. The van der Waals surface area contributed by atoms with Gasteiger partial charge in [-0.05, 0) is 75.0 Å². The third kappa shape index (κ3) is 3.48. The van der Waals surface area contributed by atoms with Gasteiger partial charge in [0.05, 0.1) is 11.7 Å². The minimum Gasteiger partial charge on any atom is -0.354 e. The van der Waals surface area contributed by atoms with Crippen LogP contribution < -0.4 is 10.0 Å². The average Bonchev–Trinajstić information content (AvgIpc) is 2.99. The Labute approximate surface area is 179 Å². The summed E-state index contributed by atoms with van der Waals surface area (Å²) in [7, 11) is -0.433. The molecule has 4 bridgehead atoms. The monoisotopic (exact) mass is 435 g/mol. The van der Waals surface area contributed by atoms with Crippen LogP contribution in [0.15, 0.2) is 6.20 Å². The van der Waals surface area contributed by atoms with Gasteiger partial charge < -0.3 is 5.32 Å². The lowest BCUT2D eigenvalue weighted by atomic mass is 9.49. The highest BCUT2D eigenvalue weighted by Crippen LogP contribution is 2.59. The molecule has 5 fully saturated rings. The van der Waals surface area contributed by atoms with Gasteiger partial charge >= 0.3 is 0 Å². The Morgan fingerprint density at radius 3 is 2.30 bits per heavy atom. The van der Waals surface area contributed by atoms with E-state index in [1.807, 2.05) is 20.2 Å². The van der Waals surface area contributed by atoms with Gasteiger partial charge in [-0.15, -0.1) is 0 Å². The molecule has 2 heterocycles. The summed E-state index contributed by atoms with van der Waals surface area (Å²) >= 11 is 0. The Bertz CT molecular complexity index is 921. The van der Waals surface area contributed by atoms with E-state index in [9.17, 15) is 13.2 Å². The second-order valence-corrected chi connectivity index (χ2v) is 12.2. The smallest absolute Gasteiger partial charge is 0.280 e. The molecule has 4 saturated carbocycles. The first-order valence-electron chi connectivity index (χ1n) is 11.2. The van der Waals surface area contributed by atoms with Gasteiger partial charge in [-0.25, -0.2) is 0 Å². The summed E-state index contributed by atoms with van der Waals surface area (Å²) < 4.78 is 31.0. The molecule has 1 aromatic rings. The lowest BCUT2D eigenvalue weighted by molar-refractivity contribution is -0.127. The van der Waals surface area contributed by atoms with Crippen molar-refractivity contribution in [3.8, 4) is 0 Å². The number of amides is 1. The number of hydrogen-bond donors (Lipinski definition) is 2. The minimum absolute atomic E-state index is 0.176. The number of hydrogen-bond acceptors (Lipinski definition) is 4. The van der Waals surface area contributed by atoms with Crippen molar-refractivity contribution in [2.45, 2.75) is 64.0 Å². The first-order chi connectivity index (χ1) is 14.1. The predicted molar refractivity (Wildman–Crippen MR) is 113 cm³/mol. The Morgan fingerprint density at radius 1 is 1.17 bits per heavy atom. The summed E-state index contributed by atoms with van der Waals surface area (Å²) in [6.07, 6.45) is 10.00. The van der Waals surface area contributed by atoms with Crippen LogP contribution in [-0.4, -0.2) is 48.0 Å². The van der Waals surface area contributed by atoms with Crippen LogP contribution >= 0.6 is 0 Å². The number of carbonyl (C=O) groups excluding carboxylic acids is 1. The molecule has 5 aliphatic rings. The standard InChI is InChI=1S/C21H33N5O3S/c1-13-17(11-25(2)23-13)18-7-19(26(3)30(28,29)24-18)20(27)22-12-21-8-14-4-15(9-21)6-16(5-14)10-21/h11,14-16,18-19,24H,4-10,12H2,1-3H3,(H,22,27)/t14?,15?,16?,18-,19-,21?/m0/s1. The molecular formula is C21H33N5O3S. The van der Waals surface area contributed by atoms with Gasteiger partial charge in [0.25, 0.3) is 10.2 Å². The molecule has 1 aliphatic heterocycles. The van der Waals surface area contributed by atoms with Crippen LogP contribution in [0.5, 0.6) is 0 Å². The van der Waals surface area contributed by atoms with E-state index in [4.69, 9.17) is 0 Å². The molecule has 0 unspecified atom stereocenters. The van der Waals surface area contributed by atoms with Gasteiger partial charge in [-0.2, -0.15) is 22.5 Å². The van der Waals surface area contributed by atoms with Gasteiger partial charge in [0.15, 0.2) is 0 Å². The van der Waals surface area contributed by atoms with E-state index in [1.165, 1.54) is 49.9 Å². The highest BCUT2D eigenvalue weighted by atomic mass is 32.2. The van der Waals surface area contributed by atoms with Crippen molar-refractivity contribution in [3.63, 3.8) is 0 Å². The van der Waals surface area contributed by atoms with E-state index in [0.29, 0.717) is 13.0 Å². The van der Waals surface area contributed by atoms with Crippen molar-refractivity contribution in [1.29, 1.82) is 0 Å². The fourth-order valence-corrected chi connectivity index (χ4v) is 8.44. The minimum atomic E-state index is -3.74. The fourth-order valence-electron chi connectivity index (χ4n) is 7.17. The van der Waals surface area contributed by atoms with Crippen LogP contribution in [0.2, 0.25) is 0 Å². The van der Waals surface area contributed by atoms with Crippen LogP contribution in [-0.2, 0) is 22.1 Å². The largest absolute Gasteiger partial charge is 0.354 e. The molecule has 8 nitrogen and oxygen atoms in total. The third-order valence-corrected chi connectivity index (χ3v) is 9.70. The summed E-state index contributed by atoms with van der Waals surface area (Å²) in [5.74, 6) is 2.30. The first kappa shape index (κ1) is 20.5. The second kappa shape index (κ2) is 7.03. The Balaban J connectivity index is 1.31. The molecule has 2 N–H and O–H groups in total. The van der Waals surface area contributed by atoms with Crippen LogP contribution in [0.4, 0.5) is 0 Å². The molecule has 9 heteroatoms. The van der Waals surface area contributed by atoms with Gasteiger partial charge in [-0.3, -0.25) is 9.48 Å². The maximum absolute atomic E-state index is 13.2.